The van der Waals surface area contributed by atoms with Crippen LogP contribution in [0.3, 0.4) is 0 Å². The van der Waals surface area contributed by atoms with E-state index in [0.29, 0.717) is 6.54 Å². The summed E-state index contributed by atoms with van der Waals surface area (Å²) < 4.78 is 0. The van der Waals surface area contributed by atoms with Gasteiger partial charge in [0.1, 0.15) is 0 Å². The van der Waals surface area contributed by atoms with Gasteiger partial charge in [0.25, 0.3) is 0 Å². The van der Waals surface area contributed by atoms with Gasteiger partial charge in [0.15, 0.2) is 0 Å². The Bertz CT molecular complexity index is 396. The standard InChI is InChI=1S/C15H23ClN2O/c1-18(13-4-2-3-5-15(13)19)14(10-17)11-6-8-12(16)9-7-11/h6-9,13-15,19H,2-5,10,17H2,1H3. The highest BCUT2D eigenvalue weighted by Crippen LogP contribution is 2.29. The van der Waals surface area contributed by atoms with Crippen LogP contribution in [-0.4, -0.2) is 35.7 Å². The van der Waals surface area contributed by atoms with Gasteiger partial charge in [-0.15, -0.1) is 0 Å². The predicted octanol–water partition coefficient (Wildman–Crippen LogP) is 2.58. The molecule has 3 unspecified atom stereocenters. The Hall–Kier alpha value is -0.610. The van der Waals surface area contributed by atoms with Gasteiger partial charge < -0.3 is 10.8 Å². The van der Waals surface area contributed by atoms with Crippen molar-refractivity contribution in [2.45, 2.75) is 43.9 Å². The highest BCUT2D eigenvalue weighted by molar-refractivity contribution is 6.30. The van der Waals surface area contributed by atoms with E-state index in [1.807, 2.05) is 24.3 Å². The molecule has 1 aromatic rings. The van der Waals surface area contributed by atoms with Crippen molar-refractivity contribution in [3.8, 4) is 0 Å². The number of rotatable bonds is 4. The minimum Gasteiger partial charge on any atom is -0.391 e. The molecule has 0 amide bonds. The Morgan fingerprint density at radius 1 is 1.32 bits per heavy atom. The molecule has 1 aliphatic carbocycles. The molecule has 4 heteroatoms. The zero-order valence-corrected chi connectivity index (χ0v) is 12.2. The van der Waals surface area contributed by atoms with Crippen molar-refractivity contribution in [2.24, 2.45) is 5.73 Å². The average molecular weight is 283 g/mol. The van der Waals surface area contributed by atoms with E-state index in [-0.39, 0.29) is 18.2 Å². The highest BCUT2D eigenvalue weighted by atomic mass is 35.5. The smallest absolute Gasteiger partial charge is 0.0695 e. The summed E-state index contributed by atoms with van der Waals surface area (Å²) in [6, 6.07) is 8.17. The Morgan fingerprint density at radius 3 is 2.53 bits per heavy atom. The van der Waals surface area contributed by atoms with Crippen LogP contribution in [0.4, 0.5) is 0 Å². The third-order valence-corrected chi connectivity index (χ3v) is 4.44. The fourth-order valence-corrected chi connectivity index (χ4v) is 3.15. The maximum absolute atomic E-state index is 10.2. The van der Waals surface area contributed by atoms with Crippen LogP contribution in [0.25, 0.3) is 0 Å². The Kier molecular flexibility index (Phi) is 5.22. The Balaban J connectivity index is 2.13. The van der Waals surface area contributed by atoms with Crippen molar-refractivity contribution in [3.63, 3.8) is 0 Å². The fraction of sp³-hybridized carbons (Fsp3) is 0.600. The van der Waals surface area contributed by atoms with Crippen LogP contribution in [0.15, 0.2) is 24.3 Å². The topological polar surface area (TPSA) is 49.5 Å². The van der Waals surface area contributed by atoms with Gasteiger partial charge in [-0.25, -0.2) is 0 Å². The molecule has 3 nitrogen and oxygen atoms in total. The lowest BCUT2D eigenvalue weighted by Gasteiger charge is -2.39. The van der Waals surface area contributed by atoms with Crippen LogP contribution in [-0.2, 0) is 0 Å². The normalized spacial score (nSPS) is 25.5. The molecule has 3 N–H and O–H groups in total. The van der Waals surface area contributed by atoms with Crippen LogP contribution in [0.5, 0.6) is 0 Å². The van der Waals surface area contributed by atoms with E-state index < -0.39 is 0 Å². The predicted molar refractivity (Wildman–Crippen MR) is 79.3 cm³/mol. The summed E-state index contributed by atoms with van der Waals surface area (Å²) in [5.41, 5.74) is 7.10. The molecular weight excluding hydrogens is 260 g/mol. The van der Waals surface area contributed by atoms with Crippen LogP contribution in [0.2, 0.25) is 5.02 Å². The average Bonchev–Trinajstić information content (AvgIpc) is 2.42. The number of likely N-dealkylation sites (N-methyl/N-ethyl adjacent to an activating group) is 1. The minimum atomic E-state index is -0.236. The zero-order valence-electron chi connectivity index (χ0n) is 11.4. The first-order chi connectivity index (χ1) is 9.13. The minimum absolute atomic E-state index is 0.134. The zero-order chi connectivity index (χ0) is 13.8. The molecule has 0 aliphatic heterocycles. The van der Waals surface area contributed by atoms with Gasteiger partial charge in [0.2, 0.25) is 0 Å². The van der Waals surface area contributed by atoms with E-state index in [1.165, 1.54) is 6.42 Å². The monoisotopic (exact) mass is 282 g/mol. The molecule has 0 aromatic heterocycles. The van der Waals surface area contributed by atoms with Crippen LogP contribution in [0, 0.1) is 0 Å². The third-order valence-electron chi connectivity index (χ3n) is 4.19. The first kappa shape index (κ1) is 14.8. The van der Waals surface area contributed by atoms with Gasteiger partial charge >= 0.3 is 0 Å². The molecule has 1 fully saturated rings. The summed E-state index contributed by atoms with van der Waals surface area (Å²) >= 11 is 5.93. The number of hydrogen-bond acceptors (Lipinski definition) is 3. The summed E-state index contributed by atoms with van der Waals surface area (Å²) in [6.45, 7) is 0.543. The number of nitrogens with zero attached hydrogens (tertiary/aromatic N) is 1. The van der Waals surface area contributed by atoms with Gasteiger partial charge in [0.05, 0.1) is 6.10 Å². The lowest BCUT2D eigenvalue weighted by molar-refractivity contribution is 0.0137. The first-order valence-electron chi connectivity index (χ1n) is 6.99. The summed E-state index contributed by atoms with van der Waals surface area (Å²) in [7, 11) is 2.06. The molecule has 0 saturated heterocycles. The second kappa shape index (κ2) is 6.71. The van der Waals surface area contributed by atoms with E-state index in [4.69, 9.17) is 17.3 Å². The molecule has 0 heterocycles. The summed E-state index contributed by atoms with van der Waals surface area (Å²) in [5.74, 6) is 0. The first-order valence-corrected chi connectivity index (χ1v) is 7.37. The third kappa shape index (κ3) is 3.48. The lowest BCUT2D eigenvalue weighted by Crippen LogP contribution is -2.46. The van der Waals surface area contributed by atoms with E-state index in [1.54, 1.807) is 0 Å². The quantitative estimate of drug-likeness (QED) is 0.892. The molecule has 106 valence electrons. The number of halogens is 1. The van der Waals surface area contributed by atoms with Gasteiger partial charge in [-0.2, -0.15) is 0 Å². The molecule has 0 radical (unpaired) electrons. The van der Waals surface area contributed by atoms with Crippen molar-refractivity contribution in [3.05, 3.63) is 34.9 Å². The van der Waals surface area contributed by atoms with Crippen molar-refractivity contribution >= 4 is 11.6 Å². The molecule has 1 aliphatic rings. The van der Waals surface area contributed by atoms with Gasteiger partial charge in [-0.3, -0.25) is 4.90 Å². The second-order valence-corrected chi connectivity index (χ2v) is 5.82. The van der Waals surface area contributed by atoms with Crippen molar-refractivity contribution in [1.29, 1.82) is 0 Å². The van der Waals surface area contributed by atoms with Crippen LogP contribution < -0.4 is 5.73 Å². The largest absolute Gasteiger partial charge is 0.391 e. The highest BCUT2D eigenvalue weighted by Gasteiger charge is 2.30. The van der Waals surface area contributed by atoms with Crippen molar-refractivity contribution in [2.75, 3.05) is 13.6 Å². The fourth-order valence-electron chi connectivity index (χ4n) is 3.02. The van der Waals surface area contributed by atoms with Crippen LogP contribution >= 0.6 is 11.6 Å². The second-order valence-electron chi connectivity index (χ2n) is 5.39. The summed E-state index contributed by atoms with van der Waals surface area (Å²) in [6.07, 6.45) is 4.01. The number of hydrogen-bond donors (Lipinski definition) is 2. The molecule has 19 heavy (non-hydrogen) atoms. The van der Waals surface area contributed by atoms with Gasteiger partial charge in [-0.1, -0.05) is 36.6 Å². The molecular formula is C15H23ClN2O. The molecule has 1 saturated carbocycles. The van der Waals surface area contributed by atoms with Crippen LogP contribution in [0.1, 0.15) is 37.3 Å². The summed E-state index contributed by atoms with van der Waals surface area (Å²) in [5, 5.41) is 10.9. The van der Waals surface area contributed by atoms with E-state index in [2.05, 4.69) is 11.9 Å². The van der Waals surface area contributed by atoms with Gasteiger partial charge in [0, 0.05) is 23.7 Å². The van der Waals surface area contributed by atoms with E-state index in [9.17, 15) is 5.11 Å². The van der Waals surface area contributed by atoms with Crippen molar-refractivity contribution < 1.29 is 5.11 Å². The Labute approximate surface area is 120 Å². The molecule has 0 spiro atoms. The Morgan fingerprint density at radius 2 is 1.95 bits per heavy atom. The van der Waals surface area contributed by atoms with E-state index >= 15 is 0 Å². The molecule has 2 rings (SSSR count). The maximum atomic E-state index is 10.2. The molecule has 3 atom stereocenters. The lowest BCUT2D eigenvalue weighted by atomic mass is 9.90. The van der Waals surface area contributed by atoms with E-state index in [0.717, 1.165) is 29.8 Å². The molecule has 0 bridgehead atoms. The number of benzene rings is 1. The SMILES string of the molecule is CN(C(CN)c1ccc(Cl)cc1)C1CCCCC1O. The maximum Gasteiger partial charge on any atom is 0.0695 e. The molecule has 1 aromatic carbocycles. The summed E-state index contributed by atoms with van der Waals surface area (Å²) in [4.78, 5) is 2.23. The van der Waals surface area contributed by atoms with Gasteiger partial charge in [-0.05, 0) is 37.6 Å². The van der Waals surface area contributed by atoms with Crippen molar-refractivity contribution in [1.82, 2.24) is 4.90 Å². The number of aliphatic hydroxyl groups is 1. The number of nitrogens with two attached hydrogens (primary N) is 1. The number of aliphatic hydroxyl groups excluding tert-OH is 1.